The van der Waals surface area contributed by atoms with E-state index in [-0.39, 0.29) is 0 Å². The van der Waals surface area contributed by atoms with Crippen molar-refractivity contribution in [2.75, 3.05) is 0 Å². The van der Waals surface area contributed by atoms with E-state index < -0.39 is 0 Å². The van der Waals surface area contributed by atoms with Crippen LogP contribution < -0.4 is 0 Å². The third kappa shape index (κ3) is 4.03. The van der Waals surface area contributed by atoms with E-state index in [1.807, 2.05) is 0 Å². The fourth-order valence-electron chi connectivity index (χ4n) is 2.91. The molecule has 1 fully saturated rings. The van der Waals surface area contributed by atoms with Gasteiger partial charge in [0.05, 0.1) is 0 Å². The average Bonchev–Trinajstić information content (AvgIpc) is 2.79. The van der Waals surface area contributed by atoms with E-state index in [0.29, 0.717) is 0 Å². The molecule has 0 heterocycles. The average molecular weight is 228 g/mol. The van der Waals surface area contributed by atoms with Gasteiger partial charge in [-0.15, -0.1) is 0 Å². The van der Waals surface area contributed by atoms with Gasteiger partial charge >= 0.3 is 0 Å². The van der Waals surface area contributed by atoms with Crippen LogP contribution in [0.4, 0.5) is 0 Å². The van der Waals surface area contributed by atoms with Gasteiger partial charge in [0.2, 0.25) is 0 Å². The molecule has 0 amide bonds. The number of hydrogen-bond acceptors (Lipinski definition) is 0. The summed E-state index contributed by atoms with van der Waals surface area (Å²) in [5.74, 6) is 0.990. The number of allylic oxidation sites excluding steroid dienone is 1. The number of aryl methyl sites for hydroxylation is 1. The first-order chi connectivity index (χ1) is 8.24. The predicted molar refractivity (Wildman–Crippen MR) is 75.2 cm³/mol. The topological polar surface area (TPSA) is 0 Å². The third-order valence-corrected chi connectivity index (χ3v) is 3.92. The maximum absolute atomic E-state index is 4.24. The van der Waals surface area contributed by atoms with Crippen molar-refractivity contribution >= 4 is 0 Å². The van der Waals surface area contributed by atoms with Gasteiger partial charge in [0, 0.05) is 0 Å². The van der Waals surface area contributed by atoms with Gasteiger partial charge in [-0.05, 0) is 37.7 Å². The lowest BCUT2D eigenvalue weighted by Gasteiger charge is -2.11. The van der Waals surface area contributed by atoms with Crippen LogP contribution in [-0.4, -0.2) is 0 Å². The Labute approximate surface area is 106 Å². The summed E-state index contributed by atoms with van der Waals surface area (Å²) in [6.45, 7) is 6.40. The van der Waals surface area contributed by atoms with Crippen LogP contribution >= 0.6 is 0 Å². The lowest BCUT2D eigenvalue weighted by molar-refractivity contribution is 0.501. The summed E-state index contributed by atoms with van der Waals surface area (Å²) in [6.07, 6.45) is 9.47. The SMILES string of the molecule is C=C(CCC1CCCC1)Cc1cccc(C)c1. The maximum atomic E-state index is 4.24. The molecule has 2 rings (SSSR count). The van der Waals surface area contributed by atoms with Crippen molar-refractivity contribution in [3.05, 3.63) is 47.5 Å². The molecule has 0 spiro atoms. The first-order valence-electron chi connectivity index (χ1n) is 6.96. The van der Waals surface area contributed by atoms with E-state index in [1.54, 1.807) is 0 Å². The van der Waals surface area contributed by atoms with Gasteiger partial charge in [-0.3, -0.25) is 0 Å². The van der Waals surface area contributed by atoms with E-state index in [4.69, 9.17) is 0 Å². The Hall–Kier alpha value is -1.04. The van der Waals surface area contributed by atoms with Crippen molar-refractivity contribution in [2.45, 2.75) is 51.9 Å². The molecule has 0 radical (unpaired) electrons. The largest absolute Gasteiger partial charge is 0.0995 e. The first-order valence-corrected chi connectivity index (χ1v) is 6.96. The highest BCUT2D eigenvalue weighted by molar-refractivity contribution is 5.25. The molecule has 1 aliphatic carbocycles. The van der Waals surface area contributed by atoms with Crippen LogP contribution in [0, 0.1) is 12.8 Å². The molecule has 0 aromatic heterocycles. The van der Waals surface area contributed by atoms with Gasteiger partial charge in [-0.25, -0.2) is 0 Å². The van der Waals surface area contributed by atoms with Crippen molar-refractivity contribution in [3.63, 3.8) is 0 Å². The maximum Gasteiger partial charge on any atom is -0.00697 e. The molecule has 0 heteroatoms. The molecular formula is C17H24. The molecule has 0 atom stereocenters. The zero-order valence-electron chi connectivity index (χ0n) is 11.0. The second kappa shape index (κ2) is 6.05. The van der Waals surface area contributed by atoms with E-state index in [1.165, 1.54) is 55.2 Å². The van der Waals surface area contributed by atoms with Gasteiger partial charge in [0.15, 0.2) is 0 Å². The molecule has 0 unspecified atom stereocenters. The molecule has 17 heavy (non-hydrogen) atoms. The zero-order valence-corrected chi connectivity index (χ0v) is 11.0. The Morgan fingerprint density at radius 3 is 2.76 bits per heavy atom. The summed E-state index contributed by atoms with van der Waals surface area (Å²) in [4.78, 5) is 0. The minimum atomic E-state index is 0.990. The standard InChI is InChI=1S/C17H24/c1-14-6-5-9-17(12-14)13-15(2)10-11-16-7-3-4-8-16/h5-6,9,12,16H,2-4,7-8,10-11,13H2,1H3. The van der Waals surface area contributed by atoms with Gasteiger partial charge in [0.25, 0.3) is 0 Å². The van der Waals surface area contributed by atoms with Gasteiger partial charge in [-0.1, -0.05) is 67.7 Å². The minimum absolute atomic E-state index is 0.990. The Kier molecular flexibility index (Phi) is 4.42. The molecule has 0 N–H and O–H groups in total. The van der Waals surface area contributed by atoms with E-state index in [2.05, 4.69) is 37.8 Å². The summed E-state index contributed by atoms with van der Waals surface area (Å²) in [6, 6.07) is 8.80. The highest BCUT2D eigenvalue weighted by Gasteiger charge is 2.14. The zero-order chi connectivity index (χ0) is 12.1. The molecule has 0 aliphatic heterocycles. The van der Waals surface area contributed by atoms with Gasteiger partial charge < -0.3 is 0 Å². The van der Waals surface area contributed by atoms with Crippen LogP contribution in [-0.2, 0) is 6.42 Å². The van der Waals surface area contributed by atoms with Crippen molar-refractivity contribution in [3.8, 4) is 0 Å². The Bertz CT molecular complexity index is 369. The Balaban J connectivity index is 1.76. The summed E-state index contributed by atoms with van der Waals surface area (Å²) in [5.41, 5.74) is 4.18. The van der Waals surface area contributed by atoms with Crippen molar-refractivity contribution in [2.24, 2.45) is 5.92 Å². The smallest absolute Gasteiger partial charge is 0.00697 e. The van der Waals surface area contributed by atoms with Crippen LogP contribution in [0.15, 0.2) is 36.4 Å². The number of rotatable bonds is 5. The van der Waals surface area contributed by atoms with Gasteiger partial charge in [0.1, 0.15) is 0 Å². The minimum Gasteiger partial charge on any atom is -0.0995 e. The Morgan fingerprint density at radius 2 is 2.06 bits per heavy atom. The second-order valence-electron chi connectivity index (χ2n) is 5.60. The quantitative estimate of drug-likeness (QED) is 0.618. The lowest BCUT2D eigenvalue weighted by Crippen LogP contribution is -1.96. The summed E-state index contributed by atoms with van der Waals surface area (Å²) in [7, 11) is 0. The Morgan fingerprint density at radius 1 is 1.29 bits per heavy atom. The number of hydrogen-bond donors (Lipinski definition) is 0. The summed E-state index contributed by atoms with van der Waals surface area (Å²) < 4.78 is 0. The van der Waals surface area contributed by atoms with E-state index in [9.17, 15) is 0 Å². The number of benzene rings is 1. The molecule has 1 aliphatic rings. The molecule has 0 bridgehead atoms. The van der Waals surface area contributed by atoms with E-state index >= 15 is 0 Å². The van der Waals surface area contributed by atoms with Crippen LogP contribution in [0.3, 0.4) is 0 Å². The van der Waals surface area contributed by atoms with Crippen LogP contribution in [0.2, 0.25) is 0 Å². The molecular weight excluding hydrogens is 204 g/mol. The second-order valence-corrected chi connectivity index (χ2v) is 5.60. The van der Waals surface area contributed by atoms with Crippen LogP contribution in [0.5, 0.6) is 0 Å². The highest BCUT2D eigenvalue weighted by atomic mass is 14.2. The molecule has 0 nitrogen and oxygen atoms in total. The van der Waals surface area contributed by atoms with Crippen molar-refractivity contribution in [1.29, 1.82) is 0 Å². The lowest BCUT2D eigenvalue weighted by atomic mass is 9.95. The molecule has 1 saturated carbocycles. The molecule has 0 saturated heterocycles. The molecule has 1 aromatic rings. The predicted octanol–water partition coefficient (Wildman–Crippen LogP) is 5.06. The fourth-order valence-corrected chi connectivity index (χ4v) is 2.91. The molecule has 1 aromatic carbocycles. The summed E-state index contributed by atoms with van der Waals surface area (Å²) >= 11 is 0. The van der Waals surface area contributed by atoms with E-state index in [0.717, 1.165) is 12.3 Å². The van der Waals surface area contributed by atoms with Crippen molar-refractivity contribution < 1.29 is 0 Å². The van der Waals surface area contributed by atoms with Gasteiger partial charge in [-0.2, -0.15) is 0 Å². The van der Waals surface area contributed by atoms with Crippen LogP contribution in [0.1, 0.15) is 49.7 Å². The highest BCUT2D eigenvalue weighted by Crippen LogP contribution is 2.29. The normalized spacial score (nSPS) is 16.3. The van der Waals surface area contributed by atoms with Crippen LogP contribution in [0.25, 0.3) is 0 Å². The molecule has 92 valence electrons. The third-order valence-electron chi connectivity index (χ3n) is 3.92. The van der Waals surface area contributed by atoms with Crippen molar-refractivity contribution in [1.82, 2.24) is 0 Å². The monoisotopic (exact) mass is 228 g/mol. The summed E-state index contributed by atoms with van der Waals surface area (Å²) in [5, 5.41) is 0. The fraction of sp³-hybridized carbons (Fsp3) is 0.529. The first kappa shape index (κ1) is 12.4.